The molecule has 0 bridgehead atoms. The van der Waals surface area contributed by atoms with Crippen molar-refractivity contribution in [3.8, 4) is 0 Å². The second kappa shape index (κ2) is 5.91. The number of carbonyl (C=O) groups is 1. The molecule has 1 amide bonds. The van der Waals surface area contributed by atoms with Crippen LogP contribution in [0.4, 0.5) is 0 Å². The van der Waals surface area contributed by atoms with Gasteiger partial charge >= 0.3 is 0 Å². The zero-order valence-electron chi connectivity index (χ0n) is 12.0. The number of carbonyl (C=O) groups excluding carboxylic acids is 1. The van der Waals surface area contributed by atoms with E-state index in [1.807, 2.05) is 19.0 Å². The first-order chi connectivity index (χ1) is 9.11. The van der Waals surface area contributed by atoms with Gasteiger partial charge in [0.1, 0.15) is 0 Å². The molecular formula is C16H22N2O. The fourth-order valence-electron chi connectivity index (χ4n) is 2.37. The predicted octanol–water partition coefficient (Wildman–Crippen LogP) is 2.98. The second-order valence-corrected chi connectivity index (χ2v) is 5.14. The largest absolute Gasteiger partial charge is 0.351 e. The molecule has 0 unspecified atom stereocenters. The molecule has 2 rings (SSSR count). The van der Waals surface area contributed by atoms with Crippen molar-refractivity contribution in [2.45, 2.75) is 26.2 Å². The molecule has 0 aliphatic carbocycles. The van der Waals surface area contributed by atoms with E-state index in [0.717, 1.165) is 19.4 Å². The van der Waals surface area contributed by atoms with Gasteiger partial charge in [-0.3, -0.25) is 4.79 Å². The third-order valence-corrected chi connectivity index (χ3v) is 3.56. The molecule has 1 heterocycles. The highest BCUT2D eigenvalue weighted by molar-refractivity contribution is 5.81. The first-order valence-electron chi connectivity index (χ1n) is 6.89. The number of rotatable bonds is 5. The SMILES string of the molecule is CCCN(C)C(=O)CCc1ccc2ccn(C)c2c1. The van der Waals surface area contributed by atoms with Crippen LogP contribution in [0.2, 0.25) is 0 Å². The summed E-state index contributed by atoms with van der Waals surface area (Å²) in [5, 5.41) is 1.25. The van der Waals surface area contributed by atoms with E-state index in [4.69, 9.17) is 0 Å². The summed E-state index contributed by atoms with van der Waals surface area (Å²) in [6, 6.07) is 8.54. The van der Waals surface area contributed by atoms with E-state index < -0.39 is 0 Å². The van der Waals surface area contributed by atoms with E-state index in [1.165, 1.54) is 16.5 Å². The van der Waals surface area contributed by atoms with Gasteiger partial charge in [0, 0.05) is 38.8 Å². The highest BCUT2D eigenvalue weighted by Crippen LogP contribution is 2.17. The number of hydrogen-bond acceptors (Lipinski definition) is 1. The fourth-order valence-corrected chi connectivity index (χ4v) is 2.37. The maximum absolute atomic E-state index is 11.9. The Kier molecular flexibility index (Phi) is 4.25. The molecule has 0 saturated carbocycles. The molecule has 0 radical (unpaired) electrons. The molecule has 2 aromatic rings. The van der Waals surface area contributed by atoms with Crippen LogP contribution in [0.1, 0.15) is 25.3 Å². The third kappa shape index (κ3) is 3.16. The molecule has 102 valence electrons. The van der Waals surface area contributed by atoms with E-state index in [0.29, 0.717) is 6.42 Å². The minimum atomic E-state index is 0.230. The molecule has 0 aliphatic heterocycles. The average Bonchev–Trinajstić information content (AvgIpc) is 2.78. The molecule has 0 N–H and O–H groups in total. The van der Waals surface area contributed by atoms with Crippen molar-refractivity contribution in [2.24, 2.45) is 7.05 Å². The van der Waals surface area contributed by atoms with Crippen LogP contribution in [0.3, 0.4) is 0 Å². The number of benzene rings is 1. The summed E-state index contributed by atoms with van der Waals surface area (Å²) in [5.74, 6) is 0.230. The fraction of sp³-hybridized carbons (Fsp3) is 0.438. The maximum Gasteiger partial charge on any atom is 0.222 e. The molecule has 0 fully saturated rings. The predicted molar refractivity (Wildman–Crippen MR) is 79.2 cm³/mol. The zero-order valence-corrected chi connectivity index (χ0v) is 12.0. The Bertz CT molecular complexity index is 571. The number of fused-ring (bicyclic) bond motifs is 1. The van der Waals surface area contributed by atoms with Crippen LogP contribution in [0.15, 0.2) is 30.5 Å². The van der Waals surface area contributed by atoms with Crippen molar-refractivity contribution in [3.05, 3.63) is 36.0 Å². The first-order valence-corrected chi connectivity index (χ1v) is 6.89. The summed E-state index contributed by atoms with van der Waals surface area (Å²) in [5.41, 5.74) is 2.46. The third-order valence-electron chi connectivity index (χ3n) is 3.56. The van der Waals surface area contributed by atoms with E-state index in [9.17, 15) is 4.79 Å². The van der Waals surface area contributed by atoms with E-state index in [-0.39, 0.29) is 5.91 Å². The van der Waals surface area contributed by atoms with Crippen LogP contribution in [-0.4, -0.2) is 29.0 Å². The van der Waals surface area contributed by atoms with Crippen molar-refractivity contribution < 1.29 is 4.79 Å². The molecule has 3 heteroatoms. The van der Waals surface area contributed by atoms with Crippen molar-refractivity contribution in [2.75, 3.05) is 13.6 Å². The normalized spacial score (nSPS) is 10.9. The summed E-state index contributed by atoms with van der Waals surface area (Å²) in [6.07, 6.45) is 4.48. The van der Waals surface area contributed by atoms with Crippen LogP contribution in [-0.2, 0) is 18.3 Å². The summed E-state index contributed by atoms with van der Waals surface area (Å²) in [6.45, 7) is 2.93. The van der Waals surface area contributed by atoms with Crippen molar-refractivity contribution in [1.29, 1.82) is 0 Å². The molecule has 1 aromatic carbocycles. The van der Waals surface area contributed by atoms with Crippen molar-refractivity contribution in [1.82, 2.24) is 9.47 Å². The quantitative estimate of drug-likeness (QED) is 0.809. The number of nitrogens with zero attached hydrogens (tertiary/aromatic N) is 2. The minimum Gasteiger partial charge on any atom is -0.351 e. The van der Waals surface area contributed by atoms with Gasteiger partial charge in [0.05, 0.1) is 0 Å². The van der Waals surface area contributed by atoms with Gasteiger partial charge in [-0.15, -0.1) is 0 Å². The topological polar surface area (TPSA) is 25.2 Å². The lowest BCUT2D eigenvalue weighted by Crippen LogP contribution is -2.27. The van der Waals surface area contributed by atoms with Gasteiger partial charge < -0.3 is 9.47 Å². The van der Waals surface area contributed by atoms with Crippen LogP contribution < -0.4 is 0 Å². The van der Waals surface area contributed by atoms with Crippen molar-refractivity contribution >= 4 is 16.8 Å². The first kappa shape index (κ1) is 13.7. The molecule has 19 heavy (non-hydrogen) atoms. The molecule has 0 atom stereocenters. The Labute approximate surface area is 114 Å². The standard InChI is InChI=1S/C16H22N2O/c1-4-10-18(3)16(19)8-6-13-5-7-14-9-11-17(2)15(14)12-13/h5,7,9,11-12H,4,6,8,10H2,1-3H3. The molecule has 0 spiro atoms. The van der Waals surface area contributed by atoms with Gasteiger partial charge in [-0.1, -0.05) is 19.1 Å². The zero-order chi connectivity index (χ0) is 13.8. The maximum atomic E-state index is 11.9. The Morgan fingerprint density at radius 3 is 2.84 bits per heavy atom. The van der Waals surface area contributed by atoms with Gasteiger partial charge in [0.2, 0.25) is 5.91 Å². The van der Waals surface area contributed by atoms with Gasteiger partial charge in [0.15, 0.2) is 0 Å². The van der Waals surface area contributed by atoms with E-state index >= 15 is 0 Å². The van der Waals surface area contributed by atoms with Crippen LogP contribution >= 0.6 is 0 Å². The number of hydrogen-bond donors (Lipinski definition) is 0. The Balaban J connectivity index is 2.01. The molecule has 0 saturated heterocycles. The minimum absolute atomic E-state index is 0.230. The summed E-state index contributed by atoms with van der Waals surface area (Å²) >= 11 is 0. The van der Waals surface area contributed by atoms with Gasteiger partial charge in [0.25, 0.3) is 0 Å². The number of aromatic nitrogens is 1. The molecule has 3 nitrogen and oxygen atoms in total. The van der Waals surface area contributed by atoms with E-state index in [1.54, 1.807) is 0 Å². The highest BCUT2D eigenvalue weighted by atomic mass is 16.2. The lowest BCUT2D eigenvalue weighted by atomic mass is 10.1. The van der Waals surface area contributed by atoms with Crippen LogP contribution in [0.25, 0.3) is 10.9 Å². The second-order valence-electron chi connectivity index (χ2n) is 5.14. The van der Waals surface area contributed by atoms with Gasteiger partial charge in [-0.05, 0) is 35.9 Å². The number of amides is 1. The van der Waals surface area contributed by atoms with Gasteiger partial charge in [-0.2, -0.15) is 0 Å². The lowest BCUT2D eigenvalue weighted by Gasteiger charge is -2.15. The van der Waals surface area contributed by atoms with Crippen LogP contribution in [0, 0.1) is 0 Å². The Morgan fingerprint density at radius 2 is 2.11 bits per heavy atom. The summed E-state index contributed by atoms with van der Waals surface area (Å²) in [7, 11) is 3.93. The highest BCUT2D eigenvalue weighted by Gasteiger charge is 2.08. The Hall–Kier alpha value is -1.77. The average molecular weight is 258 g/mol. The Morgan fingerprint density at radius 1 is 1.32 bits per heavy atom. The summed E-state index contributed by atoms with van der Waals surface area (Å²) < 4.78 is 2.11. The number of aryl methyl sites for hydroxylation is 2. The van der Waals surface area contributed by atoms with Gasteiger partial charge in [-0.25, -0.2) is 0 Å². The van der Waals surface area contributed by atoms with Crippen molar-refractivity contribution in [3.63, 3.8) is 0 Å². The summed E-state index contributed by atoms with van der Waals surface area (Å²) in [4.78, 5) is 13.7. The molecule has 1 aromatic heterocycles. The lowest BCUT2D eigenvalue weighted by molar-refractivity contribution is -0.129. The van der Waals surface area contributed by atoms with E-state index in [2.05, 4.69) is 42.0 Å². The van der Waals surface area contributed by atoms with Crippen LogP contribution in [0.5, 0.6) is 0 Å². The molecule has 0 aliphatic rings. The molecular weight excluding hydrogens is 236 g/mol. The monoisotopic (exact) mass is 258 g/mol. The smallest absolute Gasteiger partial charge is 0.222 e.